The number of amides is 1. The maximum absolute atomic E-state index is 12.7. The van der Waals surface area contributed by atoms with Crippen molar-refractivity contribution in [2.75, 3.05) is 0 Å². The number of benzene rings is 1. The Morgan fingerprint density at radius 1 is 1.19 bits per heavy atom. The molecule has 142 valence electrons. The van der Waals surface area contributed by atoms with Crippen molar-refractivity contribution in [3.8, 4) is 0 Å². The average Bonchev–Trinajstić information content (AvgIpc) is 3.32. The second kappa shape index (κ2) is 8.35. The molecule has 0 aliphatic carbocycles. The monoisotopic (exact) mass is 420 g/mol. The fraction of sp³-hybridized carbons (Fsp3) is 0.211. The maximum atomic E-state index is 12.7. The number of thiophene rings is 2. The summed E-state index contributed by atoms with van der Waals surface area (Å²) in [7, 11) is -3.81. The van der Waals surface area contributed by atoms with Gasteiger partial charge in [0.2, 0.25) is 10.0 Å². The molecule has 0 radical (unpaired) electrons. The summed E-state index contributed by atoms with van der Waals surface area (Å²) in [5.74, 6) is -0.336. The van der Waals surface area contributed by atoms with Crippen LogP contribution in [0.15, 0.2) is 57.4 Å². The maximum Gasteiger partial charge on any atom is 0.252 e. The molecule has 0 saturated heterocycles. The molecule has 1 unspecified atom stereocenters. The second-order valence-corrected chi connectivity index (χ2v) is 9.79. The van der Waals surface area contributed by atoms with Crippen LogP contribution in [0.2, 0.25) is 0 Å². The van der Waals surface area contributed by atoms with E-state index in [2.05, 4.69) is 24.4 Å². The lowest BCUT2D eigenvalue weighted by molar-refractivity contribution is 0.0944. The highest BCUT2D eigenvalue weighted by Gasteiger charge is 2.21. The van der Waals surface area contributed by atoms with E-state index in [1.165, 1.54) is 17.0 Å². The highest BCUT2D eigenvalue weighted by Crippen LogP contribution is 2.28. The Hall–Kier alpha value is -2.00. The third-order valence-electron chi connectivity index (χ3n) is 4.07. The number of hydrogen-bond donors (Lipinski definition) is 2. The fourth-order valence-electron chi connectivity index (χ4n) is 2.74. The highest BCUT2D eigenvalue weighted by atomic mass is 32.2. The minimum atomic E-state index is -3.81. The van der Waals surface area contributed by atoms with Crippen molar-refractivity contribution in [1.82, 2.24) is 5.32 Å². The quantitative estimate of drug-likeness (QED) is 0.607. The molecule has 3 N–H and O–H groups in total. The third kappa shape index (κ3) is 4.84. The minimum Gasteiger partial charge on any atom is -0.340 e. The average molecular weight is 421 g/mol. The van der Waals surface area contributed by atoms with Crippen molar-refractivity contribution in [2.24, 2.45) is 5.14 Å². The zero-order chi connectivity index (χ0) is 19.4. The van der Waals surface area contributed by atoms with Crippen molar-refractivity contribution in [3.63, 3.8) is 0 Å². The molecule has 3 rings (SSSR count). The Balaban J connectivity index is 1.86. The van der Waals surface area contributed by atoms with E-state index in [0.717, 1.165) is 34.6 Å². The molecule has 27 heavy (non-hydrogen) atoms. The Morgan fingerprint density at radius 3 is 2.48 bits per heavy atom. The Kier molecular flexibility index (Phi) is 6.11. The van der Waals surface area contributed by atoms with Gasteiger partial charge >= 0.3 is 0 Å². The summed E-state index contributed by atoms with van der Waals surface area (Å²) < 4.78 is 22.9. The normalized spacial score (nSPS) is 12.7. The molecule has 2 aromatic heterocycles. The summed E-state index contributed by atoms with van der Waals surface area (Å²) in [4.78, 5) is 13.7. The standard InChI is InChI=1S/C19H20N2O3S3/c1-2-4-13-6-8-14(9-7-13)18(16-5-3-10-25-16)21-19(22)15-11-17(26-12-15)27(20,23)24/h3,5-12,18H,2,4H2,1H3,(H,21,22)(H2,20,23,24). The number of primary sulfonamides is 1. The van der Waals surface area contributed by atoms with E-state index in [1.807, 2.05) is 29.6 Å². The first-order chi connectivity index (χ1) is 12.9. The van der Waals surface area contributed by atoms with Crippen LogP contribution in [-0.2, 0) is 16.4 Å². The van der Waals surface area contributed by atoms with Crippen LogP contribution in [-0.4, -0.2) is 14.3 Å². The van der Waals surface area contributed by atoms with Crippen LogP contribution < -0.4 is 10.5 Å². The SMILES string of the molecule is CCCc1ccc(C(NC(=O)c2csc(S(N)(=O)=O)c2)c2cccs2)cc1. The Labute approximate surface area is 166 Å². The van der Waals surface area contributed by atoms with E-state index in [4.69, 9.17) is 5.14 Å². The van der Waals surface area contributed by atoms with E-state index in [-0.39, 0.29) is 21.7 Å². The number of nitrogens with one attached hydrogen (secondary N) is 1. The van der Waals surface area contributed by atoms with E-state index < -0.39 is 10.0 Å². The number of carbonyl (C=O) groups is 1. The zero-order valence-electron chi connectivity index (χ0n) is 14.7. The molecule has 0 spiro atoms. The largest absolute Gasteiger partial charge is 0.340 e. The Bertz CT molecular complexity index is 1010. The van der Waals surface area contributed by atoms with Gasteiger partial charge in [0, 0.05) is 10.3 Å². The van der Waals surface area contributed by atoms with E-state index >= 15 is 0 Å². The number of carbonyl (C=O) groups excluding carboxylic acids is 1. The Morgan fingerprint density at radius 2 is 1.93 bits per heavy atom. The van der Waals surface area contributed by atoms with E-state index in [0.29, 0.717) is 0 Å². The van der Waals surface area contributed by atoms with Crippen LogP contribution in [0.25, 0.3) is 0 Å². The molecule has 2 heterocycles. The van der Waals surface area contributed by atoms with Crippen LogP contribution in [0.3, 0.4) is 0 Å². The van der Waals surface area contributed by atoms with Crippen LogP contribution in [0.1, 0.15) is 45.7 Å². The molecular weight excluding hydrogens is 400 g/mol. The van der Waals surface area contributed by atoms with Crippen molar-refractivity contribution in [2.45, 2.75) is 30.0 Å². The summed E-state index contributed by atoms with van der Waals surface area (Å²) in [5, 5.41) is 11.6. The number of nitrogens with two attached hydrogens (primary N) is 1. The summed E-state index contributed by atoms with van der Waals surface area (Å²) in [6.45, 7) is 2.14. The first kappa shape index (κ1) is 19.8. The predicted octanol–water partition coefficient (Wildman–Crippen LogP) is 3.93. The van der Waals surface area contributed by atoms with E-state index in [1.54, 1.807) is 11.3 Å². The van der Waals surface area contributed by atoms with Gasteiger partial charge in [-0.25, -0.2) is 13.6 Å². The number of aryl methyl sites for hydroxylation is 1. The van der Waals surface area contributed by atoms with Gasteiger partial charge in [-0.15, -0.1) is 22.7 Å². The second-order valence-electron chi connectivity index (χ2n) is 6.11. The lowest BCUT2D eigenvalue weighted by Crippen LogP contribution is -2.28. The minimum absolute atomic E-state index is 0.0238. The highest BCUT2D eigenvalue weighted by molar-refractivity contribution is 7.91. The first-order valence-electron chi connectivity index (χ1n) is 8.43. The molecule has 1 aromatic carbocycles. The van der Waals surface area contributed by atoms with Gasteiger partial charge in [0.1, 0.15) is 4.21 Å². The van der Waals surface area contributed by atoms with Gasteiger partial charge in [0.25, 0.3) is 5.91 Å². The van der Waals surface area contributed by atoms with Crippen LogP contribution in [0.4, 0.5) is 0 Å². The molecule has 0 aliphatic heterocycles. The molecule has 3 aromatic rings. The molecule has 5 nitrogen and oxygen atoms in total. The molecule has 1 amide bonds. The van der Waals surface area contributed by atoms with Crippen molar-refractivity contribution in [3.05, 3.63) is 74.8 Å². The first-order valence-corrected chi connectivity index (χ1v) is 11.7. The van der Waals surface area contributed by atoms with Gasteiger partial charge in [-0.3, -0.25) is 4.79 Å². The summed E-state index contributed by atoms with van der Waals surface area (Å²) in [6.07, 6.45) is 2.09. The van der Waals surface area contributed by atoms with Crippen LogP contribution in [0, 0.1) is 0 Å². The lowest BCUT2D eigenvalue weighted by Gasteiger charge is -2.18. The number of rotatable bonds is 7. The van der Waals surface area contributed by atoms with Crippen LogP contribution >= 0.6 is 22.7 Å². The molecular formula is C19H20N2O3S3. The molecule has 0 saturated carbocycles. The van der Waals surface area contributed by atoms with Gasteiger partial charge in [0.05, 0.1) is 11.6 Å². The van der Waals surface area contributed by atoms with Gasteiger partial charge in [-0.05, 0) is 35.1 Å². The van der Waals surface area contributed by atoms with Crippen molar-refractivity contribution >= 4 is 38.6 Å². The summed E-state index contributed by atoms with van der Waals surface area (Å²) in [5.41, 5.74) is 2.52. The topological polar surface area (TPSA) is 89.3 Å². The van der Waals surface area contributed by atoms with Gasteiger partial charge in [-0.2, -0.15) is 0 Å². The van der Waals surface area contributed by atoms with E-state index in [9.17, 15) is 13.2 Å². The molecule has 0 bridgehead atoms. The number of hydrogen-bond acceptors (Lipinski definition) is 5. The van der Waals surface area contributed by atoms with Crippen LogP contribution in [0.5, 0.6) is 0 Å². The predicted molar refractivity (Wildman–Crippen MR) is 110 cm³/mol. The van der Waals surface area contributed by atoms with Gasteiger partial charge < -0.3 is 5.32 Å². The number of sulfonamides is 1. The van der Waals surface area contributed by atoms with Crippen molar-refractivity contribution in [1.29, 1.82) is 0 Å². The third-order valence-corrected chi connectivity index (χ3v) is 7.40. The molecule has 1 atom stereocenters. The summed E-state index contributed by atoms with van der Waals surface area (Å²) >= 11 is 2.50. The molecule has 0 aliphatic rings. The lowest BCUT2D eigenvalue weighted by atomic mass is 10.0. The fourth-order valence-corrected chi connectivity index (χ4v) is 5.13. The van der Waals surface area contributed by atoms with Crippen molar-refractivity contribution < 1.29 is 13.2 Å². The van der Waals surface area contributed by atoms with Gasteiger partial charge in [-0.1, -0.05) is 43.7 Å². The zero-order valence-corrected chi connectivity index (χ0v) is 17.2. The molecule has 0 fully saturated rings. The smallest absolute Gasteiger partial charge is 0.252 e. The summed E-state index contributed by atoms with van der Waals surface area (Å²) in [6, 6.07) is 13.1. The molecule has 8 heteroatoms. The van der Waals surface area contributed by atoms with Gasteiger partial charge in [0.15, 0.2) is 0 Å².